The SMILES string of the molecule is CCCCCCSc1cc(C=O)cc(C(=O)c2ccc(N(C)c3ccc(Cl)cc3)cn2)c1. The number of halogens is 1. The van der Waals surface area contributed by atoms with Crippen molar-refractivity contribution in [3.63, 3.8) is 0 Å². The van der Waals surface area contributed by atoms with Crippen LogP contribution in [0.4, 0.5) is 11.4 Å². The Morgan fingerprint density at radius 1 is 1.03 bits per heavy atom. The number of ketones is 1. The first-order valence-electron chi connectivity index (χ1n) is 10.7. The minimum absolute atomic E-state index is 0.192. The fourth-order valence-corrected chi connectivity index (χ4v) is 4.44. The van der Waals surface area contributed by atoms with Crippen LogP contribution >= 0.6 is 23.4 Å². The van der Waals surface area contributed by atoms with E-state index in [0.29, 0.717) is 21.8 Å². The van der Waals surface area contributed by atoms with Gasteiger partial charge in [-0.1, -0.05) is 37.8 Å². The predicted molar refractivity (Wildman–Crippen MR) is 134 cm³/mol. The third kappa shape index (κ3) is 6.44. The molecule has 4 nitrogen and oxygen atoms in total. The zero-order valence-corrected chi connectivity index (χ0v) is 20.0. The number of unbranched alkanes of at least 4 members (excludes halogenated alkanes) is 3. The molecule has 0 atom stereocenters. The molecular weight excluding hydrogens is 440 g/mol. The zero-order valence-electron chi connectivity index (χ0n) is 18.4. The van der Waals surface area contributed by atoms with Crippen molar-refractivity contribution in [2.75, 3.05) is 17.7 Å². The van der Waals surface area contributed by atoms with Crippen molar-refractivity contribution < 1.29 is 9.59 Å². The van der Waals surface area contributed by atoms with E-state index in [2.05, 4.69) is 11.9 Å². The van der Waals surface area contributed by atoms with Crippen LogP contribution in [-0.4, -0.2) is 29.9 Å². The Bertz CT molecular complexity index is 1050. The molecule has 1 heterocycles. The van der Waals surface area contributed by atoms with Crippen LogP contribution in [0.1, 0.15) is 59.0 Å². The molecule has 0 saturated heterocycles. The molecule has 3 rings (SSSR count). The van der Waals surface area contributed by atoms with E-state index in [1.807, 2.05) is 54.4 Å². The van der Waals surface area contributed by atoms with Crippen LogP contribution in [0.25, 0.3) is 0 Å². The first kappa shape index (κ1) is 24.0. The van der Waals surface area contributed by atoms with E-state index in [4.69, 9.17) is 11.6 Å². The second-order valence-electron chi connectivity index (χ2n) is 7.58. The largest absolute Gasteiger partial charge is 0.343 e. The van der Waals surface area contributed by atoms with E-state index in [1.54, 1.807) is 30.1 Å². The molecular formula is C26H27ClN2O2S. The summed E-state index contributed by atoms with van der Waals surface area (Å²) in [5.41, 5.74) is 3.16. The second-order valence-corrected chi connectivity index (χ2v) is 9.19. The quantitative estimate of drug-likeness (QED) is 0.129. The number of carbonyl (C=O) groups is 2. The van der Waals surface area contributed by atoms with Crippen LogP contribution in [0.3, 0.4) is 0 Å². The van der Waals surface area contributed by atoms with Crippen LogP contribution in [0.15, 0.2) is 65.7 Å². The molecule has 0 bridgehead atoms. The lowest BCUT2D eigenvalue weighted by Crippen LogP contribution is -2.11. The number of aromatic nitrogens is 1. The summed E-state index contributed by atoms with van der Waals surface area (Å²) >= 11 is 7.65. The molecule has 3 aromatic rings. The molecule has 0 aliphatic heterocycles. The Hall–Kier alpha value is -2.63. The average Bonchev–Trinajstić information content (AvgIpc) is 2.83. The monoisotopic (exact) mass is 466 g/mol. The van der Waals surface area contributed by atoms with E-state index >= 15 is 0 Å². The molecule has 0 fully saturated rings. The van der Waals surface area contributed by atoms with Gasteiger partial charge in [-0.2, -0.15) is 0 Å². The van der Waals surface area contributed by atoms with Gasteiger partial charge >= 0.3 is 0 Å². The van der Waals surface area contributed by atoms with Gasteiger partial charge < -0.3 is 4.90 Å². The molecule has 0 aliphatic rings. The molecule has 0 aliphatic carbocycles. The van der Waals surface area contributed by atoms with Gasteiger partial charge in [-0.25, -0.2) is 0 Å². The Morgan fingerprint density at radius 2 is 1.78 bits per heavy atom. The molecule has 0 unspecified atom stereocenters. The van der Waals surface area contributed by atoms with Crippen molar-refractivity contribution in [3.8, 4) is 0 Å². The van der Waals surface area contributed by atoms with Gasteiger partial charge in [0, 0.05) is 33.8 Å². The lowest BCUT2D eigenvalue weighted by molar-refractivity contribution is 0.103. The minimum Gasteiger partial charge on any atom is -0.343 e. The minimum atomic E-state index is -0.192. The van der Waals surface area contributed by atoms with Crippen LogP contribution in [-0.2, 0) is 0 Å². The van der Waals surface area contributed by atoms with E-state index in [1.165, 1.54) is 19.3 Å². The topological polar surface area (TPSA) is 50.3 Å². The molecule has 0 saturated carbocycles. The summed E-state index contributed by atoms with van der Waals surface area (Å²) in [5, 5.41) is 0.678. The molecule has 6 heteroatoms. The molecule has 1 aromatic heterocycles. The summed E-state index contributed by atoms with van der Waals surface area (Å²) in [6, 6.07) is 16.4. The number of pyridine rings is 1. The third-order valence-corrected chi connectivity index (χ3v) is 6.49. The van der Waals surface area contributed by atoms with Gasteiger partial charge in [0.1, 0.15) is 12.0 Å². The van der Waals surface area contributed by atoms with E-state index < -0.39 is 0 Å². The third-order valence-electron chi connectivity index (χ3n) is 5.18. The smallest absolute Gasteiger partial charge is 0.211 e. The van der Waals surface area contributed by atoms with Gasteiger partial charge in [-0.15, -0.1) is 11.8 Å². The average molecular weight is 467 g/mol. The van der Waals surface area contributed by atoms with Gasteiger partial charge in [0.25, 0.3) is 0 Å². The van der Waals surface area contributed by atoms with E-state index in [0.717, 1.165) is 34.7 Å². The summed E-state index contributed by atoms with van der Waals surface area (Å²) in [4.78, 5) is 31.8. The maximum atomic E-state index is 13.1. The van der Waals surface area contributed by atoms with Gasteiger partial charge in [0.2, 0.25) is 5.78 Å². The second kappa shape index (κ2) is 11.8. The number of nitrogens with zero attached hydrogens (tertiary/aromatic N) is 2. The van der Waals surface area contributed by atoms with Crippen LogP contribution in [0.2, 0.25) is 5.02 Å². The Labute approximate surface area is 199 Å². The number of benzene rings is 2. The van der Waals surface area contributed by atoms with Crippen molar-refractivity contribution in [1.82, 2.24) is 4.98 Å². The predicted octanol–water partition coefficient (Wildman–Crippen LogP) is 7.22. The normalized spacial score (nSPS) is 10.7. The van der Waals surface area contributed by atoms with Gasteiger partial charge in [-0.3, -0.25) is 14.6 Å². The van der Waals surface area contributed by atoms with Crippen molar-refractivity contribution >= 4 is 46.8 Å². The van der Waals surface area contributed by atoms with Crippen LogP contribution in [0.5, 0.6) is 0 Å². The summed E-state index contributed by atoms with van der Waals surface area (Å²) in [6.07, 6.45) is 7.21. The number of hydrogen-bond donors (Lipinski definition) is 0. The van der Waals surface area contributed by atoms with Crippen LogP contribution < -0.4 is 4.90 Å². The van der Waals surface area contributed by atoms with Crippen molar-refractivity contribution in [1.29, 1.82) is 0 Å². The maximum Gasteiger partial charge on any atom is 0.211 e. The van der Waals surface area contributed by atoms with E-state index in [-0.39, 0.29) is 5.78 Å². The zero-order chi connectivity index (χ0) is 22.9. The lowest BCUT2D eigenvalue weighted by Gasteiger charge is -2.19. The van der Waals surface area contributed by atoms with Gasteiger partial charge in [0.05, 0.1) is 11.9 Å². The number of hydrogen-bond acceptors (Lipinski definition) is 5. The van der Waals surface area contributed by atoms with E-state index in [9.17, 15) is 9.59 Å². The highest BCUT2D eigenvalue weighted by Crippen LogP contribution is 2.26. The fraction of sp³-hybridized carbons (Fsp3) is 0.269. The fourth-order valence-electron chi connectivity index (χ4n) is 3.30. The highest BCUT2D eigenvalue weighted by molar-refractivity contribution is 7.99. The summed E-state index contributed by atoms with van der Waals surface area (Å²) in [6.45, 7) is 2.19. The molecule has 2 aromatic carbocycles. The number of rotatable bonds is 11. The van der Waals surface area contributed by atoms with Crippen molar-refractivity contribution in [2.24, 2.45) is 0 Å². The molecule has 166 valence electrons. The molecule has 0 N–H and O–H groups in total. The standard InChI is InChI=1S/C26H27ClN2O2S/c1-3-4-5-6-13-32-24-15-19(18-30)14-20(16-24)26(31)25-12-11-23(17-28-25)29(2)22-9-7-21(27)8-10-22/h7-12,14-18H,3-6,13H2,1-2H3. The first-order valence-corrected chi connectivity index (χ1v) is 12.1. The summed E-state index contributed by atoms with van der Waals surface area (Å²) in [5.74, 6) is 0.780. The molecule has 0 spiro atoms. The van der Waals surface area contributed by atoms with Gasteiger partial charge in [-0.05, 0) is 66.8 Å². The Morgan fingerprint density at radius 3 is 2.44 bits per heavy atom. The lowest BCUT2D eigenvalue weighted by atomic mass is 10.0. The Balaban J connectivity index is 1.74. The summed E-state index contributed by atoms with van der Waals surface area (Å²) < 4.78 is 0. The van der Waals surface area contributed by atoms with Crippen molar-refractivity contribution in [3.05, 3.63) is 82.6 Å². The summed E-state index contributed by atoms with van der Waals surface area (Å²) in [7, 11) is 1.93. The maximum absolute atomic E-state index is 13.1. The van der Waals surface area contributed by atoms with Crippen molar-refractivity contribution in [2.45, 2.75) is 37.5 Å². The van der Waals surface area contributed by atoms with Crippen LogP contribution in [0, 0.1) is 0 Å². The highest BCUT2D eigenvalue weighted by atomic mass is 35.5. The molecule has 0 radical (unpaired) electrons. The number of aldehydes is 1. The number of thioether (sulfide) groups is 1. The highest BCUT2D eigenvalue weighted by Gasteiger charge is 2.14. The molecule has 0 amide bonds. The van der Waals surface area contributed by atoms with Gasteiger partial charge in [0.15, 0.2) is 0 Å². The number of anilines is 2. The number of carbonyl (C=O) groups excluding carboxylic acids is 2. The Kier molecular flexibility index (Phi) is 8.89. The first-order chi connectivity index (χ1) is 15.5. The molecule has 32 heavy (non-hydrogen) atoms.